The fourth-order valence-corrected chi connectivity index (χ4v) is 2.62. The Morgan fingerprint density at radius 1 is 1.38 bits per heavy atom. The molecule has 0 heterocycles. The molecule has 0 unspecified atom stereocenters. The maximum absolute atomic E-state index is 12.4. The van der Waals surface area contributed by atoms with Gasteiger partial charge in [-0.1, -0.05) is 27.5 Å². The number of nitro benzene ring substituents is 1. The Morgan fingerprint density at radius 2 is 2.12 bits per heavy atom. The highest BCUT2D eigenvalue weighted by atomic mass is 79.9. The lowest BCUT2D eigenvalue weighted by molar-refractivity contribution is -0.383. The Labute approximate surface area is 162 Å². The van der Waals surface area contributed by atoms with Gasteiger partial charge in [0.1, 0.15) is 23.1 Å². The molecule has 1 amide bonds. The van der Waals surface area contributed by atoms with Crippen molar-refractivity contribution in [2.24, 2.45) is 0 Å². The molecule has 0 aromatic heterocycles. The monoisotopic (exact) mass is 435 g/mol. The van der Waals surface area contributed by atoms with Gasteiger partial charge in [0.2, 0.25) is 0 Å². The predicted molar refractivity (Wildman–Crippen MR) is 101 cm³/mol. The highest BCUT2D eigenvalue weighted by Crippen LogP contribution is 2.29. The van der Waals surface area contributed by atoms with Crippen LogP contribution in [0.15, 0.2) is 46.4 Å². The van der Waals surface area contributed by atoms with E-state index in [1.54, 1.807) is 24.3 Å². The number of hydrogen-bond acceptors (Lipinski definition) is 5. The van der Waals surface area contributed by atoms with Crippen molar-refractivity contribution >= 4 is 50.9 Å². The first-order valence-corrected chi connectivity index (χ1v) is 8.23. The number of nitriles is 1. The molecule has 1 N–H and O–H groups in total. The van der Waals surface area contributed by atoms with Crippen molar-refractivity contribution in [3.63, 3.8) is 0 Å². The summed E-state index contributed by atoms with van der Waals surface area (Å²) < 4.78 is 5.93. The third-order valence-electron chi connectivity index (χ3n) is 3.26. The SMILES string of the molecule is COc1ccc(Br)cc1/C=C(\C#N)C(=O)Nc1ccc(Cl)cc1[N+](=O)[O-]. The number of nitro groups is 1. The fourth-order valence-electron chi connectivity index (χ4n) is 2.07. The number of rotatable bonds is 5. The van der Waals surface area contributed by atoms with Crippen LogP contribution in [0, 0.1) is 21.4 Å². The fraction of sp³-hybridized carbons (Fsp3) is 0.0588. The zero-order chi connectivity index (χ0) is 19.3. The van der Waals surface area contributed by atoms with Crippen LogP contribution in [0.2, 0.25) is 5.02 Å². The van der Waals surface area contributed by atoms with Gasteiger partial charge in [-0.3, -0.25) is 14.9 Å². The molecule has 2 aromatic rings. The first kappa shape index (κ1) is 19.4. The van der Waals surface area contributed by atoms with Gasteiger partial charge in [0.25, 0.3) is 11.6 Å². The Kier molecular flexibility index (Phi) is 6.33. The number of carbonyl (C=O) groups is 1. The van der Waals surface area contributed by atoms with Gasteiger partial charge in [0, 0.05) is 21.1 Å². The van der Waals surface area contributed by atoms with Crippen LogP contribution in [0.3, 0.4) is 0 Å². The molecule has 0 saturated heterocycles. The quantitative estimate of drug-likeness (QED) is 0.320. The Hall–Kier alpha value is -2.89. The van der Waals surface area contributed by atoms with Crippen molar-refractivity contribution in [3.8, 4) is 11.8 Å². The summed E-state index contributed by atoms with van der Waals surface area (Å²) in [7, 11) is 1.46. The zero-order valence-electron chi connectivity index (χ0n) is 13.3. The van der Waals surface area contributed by atoms with E-state index in [1.807, 2.05) is 0 Å². The molecule has 26 heavy (non-hydrogen) atoms. The molecule has 0 radical (unpaired) electrons. The number of benzene rings is 2. The minimum atomic E-state index is -0.792. The van der Waals surface area contributed by atoms with Crippen molar-refractivity contribution in [3.05, 3.63) is 67.1 Å². The number of nitrogens with one attached hydrogen (secondary N) is 1. The van der Waals surface area contributed by atoms with Crippen LogP contribution in [0.1, 0.15) is 5.56 Å². The molecule has 0 bridgehead atoms. The Bertz CT molecular complexity index is 954. The molecule has 0 aliphatic rings. The topological polar surface area (TPSA) is 105 Å². The average Bonchev–Trinajstić information content (AvgIpc) is 2.61. The van der Waals surface area contributed by atoms with E-state index in [0.29, 0.717) is 11.3 Å². The number of carbonyl (C=O) groups excluding carboxylic acids is 1. The molecule has 0 fully saturated rings. The van der Waals surface area contributed by atoms with Crippen LogP contribution >= 0.6 is 27.5 Å². The van der Waals surface area contributed by atoms with E-state index in [1.165, 1.54) is 25.3 Å². The molecular formula is C17H11BrClN3O4. The van der Waals surface area contributed by atoms with Crippen LogP contribution in [0.5, 0.6) is 5.75 Å². The number of methoxy groups -OCH3 is 1. The molecule has 132 valence electrons. The summed E-state index contributed by atoms with van der Waals surface area (Å²) in [6, 6.07) is 10.7. The van der Waals surface area contributed by atoms with Crippen LogP contribution < -0.4 is 10.1 Å². The van der Waals surface area contributed by atoms with E-state index in [9.17, 15) is 20.2 Å². The summed E-state index contributed by atoms with van der Waals surface area (Å²) in [5.74, 6) is -0.328. The summed E-state index contributed by atoms with van der Waals surface area (Å²) in [6.45, 7) is 0. The standard InChI is InChI=1S/C17H11BrClN3O4/c1-26-16-5-2-12(18)7-10(16)6-11(9-20)17(23)21-14-4-3-13(19)8-15(14)22(24)25/h2-8H,1H3,(H,21,23)/b11-6+. The van der Waals surface area contributed by atoms with E-state index in [2.05, 4.69) is 21.2 Å². The van der Waals surface area contributed by atoms with E-state index >= 15 is 0 Å². The molecule has 2 rings (SSSR count). The maximum Gasteiger partial charge on any atom is 0.294 e. The third-order valence-corrected chi connectivity index (χ3v) is 3.99. The second-order valence-corrected chi connectivity index (χ2v) is 6.28. The number of nitrogens with zero attached hydrogens (tertiary/aromatic N) is 2. The number of ether oxygens (including phenoxy) is 1. The van der Waals surface area contributed by atoms with Crippen molar-refractivity contribution < 1.29 is 14.5 Å². The summed E-state index contributed by atoms with van der Waals surface area (Å²) in [5, 5.41) is 22.9. The van der Waals surface area contributed by atoms with Crippen LogP contribution in [-0.2, 0) is 4.79 Å². The second-order valence-electron chi connectivity index (χ2n) is 4.93. The van der Waals surface area contributed by atoms with Crippen LogP contribution in [0.4, 0.5) is 11.4 Å². The first-order valence-electron chi connectivity index (χ1n) is 7.06. The normalized spacial score (nSPS) is 10.8. The summed E-state index contributed by atoms with van der Waals surface area (Å²) in [4.78, 5) is 22.8. The van der Waals surface area contributed by atoms with Crippen molar-refractivity contribution in [1.82, 2.24) is 0 Å². The average molecular weight is 437 g/mol. The molecule has 0 aliphatic heterocycles. The van der Waals surface area contributed by atoms with Gasteiger partial charge in [-0.25, -0.2) is 0 Å². The molecule has 0 saturated carbocycles. The number of amides is 1. The minimum Gasteiger partial charge on any atom is -0.496 e. The maximum atomic E-state index is 12.4. The smallest absolute Gasteiger partial charge is 0.294 e. The van der Waals surface area contributed by atoms with Crippen LogP contribution in [0.25, 0.3) is 6.08 Å². The van der Waals surface area contributed by atoms with Crippen molar-refractivity contribution in [2.45, 2.75) is 0 Å². The zero-order valence-corrected chi connectivity index (χ0v) is 15.7. The molecule has 7 nitrogen and oxygen atoms in total. The lowest BCUT2D eigenvalue weighted by atomic mass is 10.1. The lowest BCUT2D eigenvalue weighted by Gasteiger charge is -2.08. The Morgan fingerprint density at radius 3 is 2.73 bits per heavy atom. The molecular weight excluding hydrogens is 426 g/mol. The lowest BCUT2D eigenvalue weighted by Crippen LogP contribution is -2.14. The van der Waals surface area contributed by atoms with Gasteiger partial charge in [-0.05, 0) is 36.4 Å². The van der Waals surface area contributed by atoms with E-state index in [0.717, 1.165) is 10.5 Å². The molecule has 0 aliphatic carbocycles. The molecule has 2 aromatic carbocycles. The van der Waals surface area contributed by atoms with Gasteiger partial charge in [0.05, 0.1) is 12.0 Å². The summed E-state index contributed by atoms with van der Waals surface area (Å²) in [5.41, 5.74) is -0.181. The minimum absolute atomic E-state index is 0.0632. The largest absolute Gasteiger partial charge is 0.496 e. The summed E-state index contributed by atoms with van der Waals surface area (Å²) in [6.07, 6.45) is 1.33. The van der Waals surface area contributed by atoms with Gasteiger partial charge < -0.3 is 10.1 Å². The van der Waals surface area contributed by atoms with Gasteiger partial charge in [-0.2, -0.15) is 5.26 Å². The van der Waals surface area contributed by atoms with Crippen molar-refractivity contribution in [1.29, 1.82) is 5.26 Å². The van der Waals surface area contributed by atoms with Crippen molar-refractivity contribution in [2.75, 3.05) is 12.4 Å². The third kappa shape index (κ3) is 4.59. The van der Waals surface area contributed by atoms with E-state index in [-0.39, 0.29) is 22.0 Å². The van der Waals surface area contributed by atoms with Crippen LogP contribution in [-0.4, -0.2) is 17.9 Å². The highest BCUT2D eigenvalue weighted by molar-refractivity contribution is 9.10. The number of hydrogen-bond donors (Lipinski definition) is 1. The predicted octanol–water partition coefficient (Wildman–Crippen LogP) is 4.56. The second kappa shape index (κ2) is 8.47. The molecule has 0 spiro atoms. The summed E-state index contributed by atoms with van der Waals surface area (Å²) >= 11 is 9.05. The van der Waals surface area contributed by atoms with Gasteiger partial charge in [0.15, 0.2) is 0 Å². The number of anilines is 1. The van der Waals surface area contributed by atoms with E-state index in [4.69, 9.17) is 16.3 Å². The van der Waals surface area contributed by atoms with Gasteiger partial charge >= 0.3 is 0 Å². The first-order chi connectivity index (χ1) is 12.3. The van der Waals surface area contributed by atoms with E-state index < -0.39 is 10.8 Å². The Balaban J connectivity index is 2.38. The number of halogens is 2. The molecule has 0 atom stereocenters. The van der Waals surface area contributed by atoms with Gasteiger partial charge in [-0.15, -0.1) is 0 Å². The molecule has 9 heteroatoms. The highest BCUT2D eigenvalue weighted by Gasteiger charge is 2.19.